The average molecular weight is 289 g/mol. The Hall–Kier alpha value is -1.43. The van der Waals surface area contributed by atoms with Gasteiger partial charge in [0.1, 0.15) is 4.99 Å². The predicted octanol–water partition coefficient (Wildman–Crippen LogP) is 1.61. The molecule has 1 aliphatic heterocycles. The lowest BCUT2D eigenvalue weighted by Crippen LogP contribution is -2.38. The third kappa shape index (κ3) is 2.70. The van der Waals surface area contributed by atoms with Crippen molar-refractivity contribution in [3.05, 3.63) is 36.0 Å². The number of benzene rings is 1. The highest BCUT2D eigenvalue weighted by molar-refractivity contribution is 7.80. The molecule has 1 aromatic carbocycles. The van der Waals surface area contributed by atoms with Crippen LogP contribution in [0.3, 0.4) is 0 Å². The maximum atomic E-state index is 5.78. The van der Waals surface area contributed by atoms with Gasteiger partial charge in [0, 0.05) is 48.8 Å². The molecule has 4 nitrogen and oxygen atoms in total. The molecule has 0 unspecified atom stereocenters. The zero-order valence-electron chi connectivity index (χ0n) is 11.4. The second kappa shape index (κ2) is 5.91. The molecule has 3 rings (SSSR count). The number of thiocarbonyl (C=S) groups is 1. The Balaban J connectivity index is 1.78. The highest BCUT2D eigenvalue weighted by atomic mass is 32.1. The molecule has 1 saturated heterocycles. The molecule has 5 heteroatoms. The molecule has 0 amide bonds. The molecule has 2 N–H and O–H groups in total. The van der Waals surface area contributed by atoms with Gasteiger partial charge in [-0.05, 0) is 12.1 Å². The standard InChI is InChI=1S/C15H19N3OS/c16-15(20)13-2-1-3-14-12(13)4-5-18(14)7-6-17-8-10-19-11-9-17/h1-5H,6-11H2,(H2,16,20). The predicted molar refractivity (Wildman–Crippen MR) is 85.1 cm³/mol. The van der Waals surface area contributed by atoms with Crippen molar-refractivity contribution < 1.29 is 4.74 Å². The third-order valence-electron chi connectivity index (χ3n) is 3.84. The fourth-order valence-corrected chi connectivity index (χ4v) is 2.89. The molecule has 0 saturated carbocycles. The van der Waals surface area contributed by atoms with Crippen LogP contribution in [-0.4, -0.2) is 47.3 Å². The summed E-state index contributed by atoms with van der Waals surface area (Å²) in [6.45, 7) is 5.76. The van der Waals surface area contributed by atoms with Gasteiger partial charge in [-0.25, -0.2) is 0 Å². The zero-order valence-corrected chi connectivity index (χ0v) is 12.2. The van der Waals surface area contributed by atoms with Gasteiger partial charge in [-0.2, -0.15) is 0 Å². The van der Waals surface area contributed by atoms with E-state index in [1.807, 2.05) is 12.1 Å². The van der Waals surface area contributed by atoms with Crippen LogP contribution in [0.15, 0.2) is 30.5 Å². The smallest absolute Gasteiger partial charge is 0.104 e. The molecule has 0 atom stereocenters. The molecule has 1 aromatic heterocycles. The van der Waals surface area contributed by atoms with E-state index in [0.717, 1.165) is 50.3 Å². The van der Waals surface area contributed by atoms with E-state index in [1.54, 1.807) is 0 Å². The van der Waals surface area contributed by atoms with E-state index in [-0.39, 0.29) is 0 Å². The minimum atomic E-state index is 0.460. The van der Waals surface area contributed by atoms with Crippen LogP contribution in [0.1, 0.15) is 5.56 Å². The summed E-state index contributed by atoms with van der Waals surface area (Å²) in [7, 11) is 0. The summed E-state index contributed by atoms with van der Waals surface area (Å²) < 4.78 is 7.64. The van der Waals surface area contributed by atoms with Gasteiger partial charge in [-0.15, -0.1) is 0 Å². The molecule has 0 radical (unpaired) electrons. The first-order valence-corrected chi connectivity index (χ1v) is 7.34. The first-order valence-electron chi connectivity index (χ1n) is 6.93. The normalized spacial score (nSPS) is 16.6. The SMILES string of the molecule is NC(=S)c1cccc2c1ccn2CCN1CCOCC1. The summed E-state index contributed by atoms with van der Waals surface area (Å²) in [6.07, 6.45) is 2.12. The highest BCUT2D eigenvalue weighted by Gasteiger charge is 2.11. The molecule has 20 heavy (non-hydrogen) atoms. The van der Waals surface area contributed by atoms with Crippen molar-refractivity contribution in [1.29, 1.82) is 0 Å². The minimum absolute atomic E-state index is 0.460. The summed E-state index contributed by atoms with van der Waals surface area (Å²) in [4.78, 5) is 2.90. The van der Waals surface area contributed by atoms with Crippen molar-refractivity contribution in [3.8, 4) is 0 Å². The van der Waals surface area contributed by atoms with Crippen molar-refractivity contribution in [2.75, 3.05) is 32.8 Å². The monoisotopic (exact) mass is 289 g/mol. The molecular weight excluding hydrogens is 270 g/mol. The lowest BCUT2D eigenvalue weighted by atomic mass is 10.1. The number of ether oxygens (including phenoxy) is 1. The topological polar surface area (TPSA) is 43.4 Å². The van der Waals surface area contributed by atoms with Crippen molar-refractivity contribution >= 4 is 28.1 Å². The van der Waals surface area contributed by atoms with Crippen molar-refractivity contribution in [3.63, 3.8) is 0 Å². The van der Waals surface area contributed by atoms with Gasteiger partial charge in [0.2, 0.25) is 0 Å². The molecule has 2 heterocycles. The van der Waals surface area contributed by atoms with E-state index in [1.165, 1.54) is 5.52 Å². The van der Waals surface area contributed by atoms with Gasteiger partial charge in [-0.3, -0.25) is 4.90 Å². The number of morpholine rings is 1. The van der Waals surface area contributed by atoms with Crippen molar-refractivity contribution in [1.82, 2.24) is 9.47 Å². The first kappa shape index (κ1) is 13.5. The lowest BCUT2D eigenvalue weighted by Gasteiger charge is -2.26. The van der Waals surface area contributed by atoms with Crippen LogP contribution in [0.4, 0.5) is 0 Å². The van der Waals surface area contributed by atoms with Crippen LogP contribution in [0.5, 0.6) is 0 Å². The fourth-order valence-electron chi connectivity index (χ4n) is 2.71. The van der Waals surface area contributed by atoms with E-state index < -0.39 is 0 Å². The quantitative estimate of drug-likeness (QED) is 0.869. The number of rotatable bonds is 4. The van der Waals surface area contributed by atoms with Crippen LogP contribution in [-0.2, 0) is 11.3 Å². The Bertz CT molecular complexity index is 617. The largest absolute Gasteiger partial charge is 0.389 e. The summed E-state index contributed by atoms with van der Waals surface area (Å²) in [5.74, 6) is 0. The van der Waals surface area contributed by atoms with E-state index in [0.29, 0.717) is 4.99 Å². The number of nitrogens with two attached hydrogens (primary N) is 1. The first-order chi connectivity index (χ1) is 9.75. The van der Waals surface area contributed by atoms with Crippen LogP contribution in [0.2, 0.25) is 0 Å². The molecule has 1 fully saturated rings. The zero-order chi connectivity index (χ0) is 13.9. The van der Waals surface area contributed by atoms with E-state index >= 15 is 0 Å². The molecule has 2 aromatic rings. The van der Waals surface area contributed by atoms with Crippen molar-refractivity contribution in [2.24, 2.45) is 5.73 Å². The van der Waals surface area contributed by atoms with Crippen LogP contribution >= 0.6 is 12.2 Å². The maximum absolute atomic E-state index is 5.78. The molecule has 0 bridgehead atoms. The Kier molecular flexibility index (Phi) is 4.00. The van der Waals surface area contributed by atoms with Gasteiger partial charge in [0.25, 0.3) is 0 Å². The lowest BCUT2D eigenvalue weighted by molar-refractivity contribution is 0.0365. The highest BCUT2D eigenvalue weighted by Crippen LogP contribution is 2.20. The Morgan fingerprint density at radius 2 is 2.00 bits per heavy atom. The Morgan fingerprint density at radius 1 is 1.20 bits per heavy atom. The number of hydrogen-bond donors (Lipinski definition) is 1. The molecule has 0 spiro atoms. The number of aromatic nitrogens is 1. The average Bonchev–Trinajstić information content (AvgIpc) is 2.89. The second-order valence-electron chi connectivity index (χ2n) is 5.07. The summed E-state index contributed by atoms with van der Waals surface area (Å²) >= 11 is 5.11. The van der Waals surface area contributed by atoms with Gasteiger partial charge < -0.3 is 15.0 Å². The van der Waals surface area contributed by atoms with Gasteiger partial charge >= 0.3 is 0 Å². The fraction of sp³-hybridized carbons (Fsp3) is 0.400. The van der Waals surface area contributed by atoms with Gasteiger partial charge in [0.05, 0.1) is 13.2 Å². The van der Waals surface area contributed by atoms with E-state index in [4.69, 9.17) is 22.7 Å². The van der Waals surface area contributed by atoms with E-state index in [2.05, 4.69) is 27.8 Å². The summed E-state index contributed by atoms with van der Waals surface area (Å²) in [5.41, 5.74) is 7.94. The molecule has 1 aliphatic rings. The molecular formula is C15H19N3OS. The van der Waals surface area contributed by atoms with Crippen LogP contribution < -0.4 is 5.73 Å². The maximum Gasteiger partial charge on any atom is 0.104 e. The Morgan fingerprint density at radius 3 is 2.75 bits per heavy atom. The van der Waals surface area contributed by atoms with Gasteiger partial charge in [-0.1, -0.05) is 24.4 Å². The van der Waals surface area contributed by atoms with Crippen LogP contribution in [0, 0.1) is 0 Å². The number of hydrogen-bond acceptors (Lipinski definition) is 3. The second-order valence-corrected chi connectivity index (χ2v) is 5.51. The summed E-state index contributed by atoms with van der Waals surface area (Å²) in [5, 5.41) is 1.14. The Labute approximate surface area is 124 Å². The van der Waals surface area contributed by atoms with Crippen LogP contribution in [0.25, 0.3) is 10.9 Å². The molecule has 106 valence electrons. The van der Waals surface area contributed by atoms with E-state index in [9.17, 15) is 0 Å². The van der Waals surface area contributed by atoms with Gasteiger partial charge in [0.15, 0.2) is 0 Å². The third-order valence-corrected chi connectivity index (χ3v) is 4.06. The number of fused-ring (bicyclic) bond motifs is 1. The molecule has 0 aliphatic carbocycles. The number of nitrogens with zero attached hydrogens (tertiary/aromatic N) is 2. The summed E-state index contributed by atoms with van der Waals surface area (Å²) in [6, 6.07) is 8.22. The van der Waals surface area contributed by atoms with Crippen molar-refractivity contribution in [2.45, 2.75) is 6.54 Å². The minimum Gasteiger partial charge on any atom is -0.389 e.